The van der Waals surface area contributed by atoms with Gasteiger partial charge in [-0.25, -0.2) is 0 Å². The van der Waals surface area contributed by atoms with Gasteiger partial charge in [-0.3, -0.25) is 0 Å². The fourth-order valence-corrected chi connectivity index (χ4v) is 8.72. The van der Waals surface area contributed by atoms with Crippen LogP contribution in [0.2, 0.25) is 0 Å². The monoisotopic (exact) mass is 739 g/mol. The van der Waals surface area contributed by atoms with E-state index in [-0.39, 0.29) is 0 Å². The molecule has 0 saturated carbocycles. The molecule has 0 unspecified atom stereocenters. The standard InChI is InChI=1S/C56H37NO/c1-2-13-41(14-3-1)49-20-6-8-25-53(49)57(44-33-31-39(32-34-44)38-27-29-42(30-28-38)47-22-11-16-40-15-4-5-19-46(40)47)45-18-10-17-43(37-45)48-35-36-55-56-51(48)23-12-24-52(56)50-21-7-9-26-54(50)58-55/h1-37H. The molecule has 2 nitrogen and oxygen atoms in total. The molecule has 1 heterocycles. The Hall–Kier alpha value is -7.68. The Morgan fingerprint density at radius 3 is 1.72 bits per heavy atom. The fraction of sp³-hybridized carbons (Fsp3) is 0. The first-order chi connectivity index (χ1) is 28.8. The largest absolute Gasteiger partial charge is 0.456 e. The highest BCUT2D eigenvalue weighted by Crippen LogP contribution is 2.49. The van der Waals surface area contributed by atoms with Crippen LogP contribution in [0.3, 0.4) is 0 Å². The third kappa shape index (κ3) is 5.82. The summed E-state index contributed by atoms with van der Waals surface area (Å²) in [4.78, 5) is 2.39. The highest BCUT2D eigenvalue weighted by Gasteiger charge is 2.22. The predicted octanol–water partition coefficient (Wildman–Crippen LogP) is 15.9. The van der Waals surface area contributed by atoms with Gasteiger partial charge in [0.2, 0.25) is 0 Å². The van der Waals surface area contributed by atoms with Gasteiger partial charge < -0.3 is 9.64 Å². The van der Waals surface area contributed by atoms with E-state index in [1.165, 1.54) is 60.7 Å². The van der Waals surface area contributed by atoms with E-state index in [4.69, 9.17) is 4.74 Å². The van der Waals surface area contributed by atoms with Crippen LogP contribution in [0.15, 0.2) is 224 Å². The lowest BCUT2D eigenvalue weighted by Crippen LogP contribution is -2.11. The first-order valence-corrected chi connectivity index (χ1v) is 19.8. The Morgan fingerprint density at radius 2 is 0.862 bits per heavy atom. The minimum absolute atomic E-state index is 0.894. The van der Waals surface area contributed by atoms with Gasteiger partial charge in [-0.2, -0.15) is 0 Å². The van der Waals surface area contributed by atoms with Crippen molar-refractivity contribution >= 4 is 38.6 Å². The summed E-state index contributed by atoms with van der Waals surface area (Å²) in [6.45, 7) is 0. The van der Waals surface area contributed by atoms with Gasteiger partial charge in [0.05, 0.1) is 5.69 Å². The van der Waals surface area contributed by atoms with E-state index in [0.717, 1.165) is 45.1 Å². The van der Waals surface area contributed by atoms with Gasteiger partial charge in [0.15, 0.2) is 0 Å². The lowest BCUT2D eigenvalue weighted by Gasteiger charge is -2.28. The summed E-state index contributed by atoms with van der Waals surface area (Å²) in [5, 5.41) is 4.85. The number of fused-ring (bicyclic) bond motifs is 3. The molecule has 272 valence electrons. The Kier molecular flexibility index (Phi) is 8.19. The molecule has 0 saturated heterocycles. The van der Waals surface area contributed by atoms with E-state index < -0.39 is 0 Å². The summed E-state index contributed by atoms with van der Waals surface area (Å²) in [5.74, 6) is 1.79. The molecule has 0 aromatic heterocycles. The van der Waals surface area contributed by atoms with Crippen LogP contribution in [0.1, 0.15) is 0 Å². The average Bonchev–Trinajstić information content (AvgIpc) is 3.30. The van der Waals surface area contributed by atoms with Gasteiger partial charge in [-0.05, 0) is 103 Å². The minimum Gasteiger partial charge on any atom is -0.456 e. The number of hydrogen-bond acceptors (Lipinski definition) is 2. The molecule has 0 amide bonds. The Morgan fingerprint density at radius 1 is 0.293 bits per heavy atom. The zero-order valence-electron chi connectivity index (χ0n) is 31.7. The number of hydrogen-bond donors (Lipinski definition) is 0. The summed E-state index contributed by atoms with van der Waals surface area (Å²) in [6, 6.07) is 80.6. The first kappa shape index (κ1) is 33.6. The molecule has 2 heteroatoms. The van der Waals surface area contributed by atoms with Crippen molar-refractivity contribution in [1.82, 2.24) is 0 Å². The lowest BCUT2D eigenvalue weighted by molar-refractivity contribution is 0.487. The topological polar surface area (TPSA) is 12.5 Å². The molecule has 11 rings (SSSR count). The van der Waals surface area contributed by atoms with Crippen LogP contribution < -0.4 is 9.64 Å². The van der Waals surface area contributed by atoms with Gasteiger partial charge >= 0.3 is 0 Å². The van der Waals surface area contributed by atoms with Gasteiger partial charge in [0.1, 0.15) is 11.5 Å². The smallest absolute Gasteiger partial charge is 0.135 e. The average molecular weight is 740 g/mol. The predicted molar refractivity (Wildman–Crippen MR) is 243 cm³/mol. The van der Waals surface area contributed by atoms with Gasteiger partial charge in [-0.1, -0.05) is 182 Å². The van der Waals surface area contributed by atoms with E-state index in [9.17, 15) is 0 Å². The second-order valence-corrected chi connectivity index (χ2v) is 14.9. The van der Waals surface area contributed by atoms with Crippen LogP contribution in [0.5, 0.6) is 11.5 Å². The Labute approximate surface area is 338 Å². The molecular formula is C56H37NO. The Balaban J connectivity index is 1.01. The number of anilines is 3. The summed E-state index contributed by atoms with van der Waals surface area (Å²) >= 11 is 0. The molecule has 10 aromatic carbocycles. The second-order valence-electron chi connectivity index (χ2n) is 14.9. The molecule has 0 spiro atoms. The van der Waals surface area contributed by atoms with Crippen LogP contribution in [0.4, 0.5) is 17.1 Å². The van der Waals surface area contributed by atoms with E-state index in [0.29, 0.717) is 0 Å². The quantitative estimate of drug-likeness (QED) is 0.161. The molecule has 58 heavy (non-hydrogen) atoms. The van der Waals surface area contributed by atoms with Gasteiger partial charge in [-0.15, -0.1) is 0 Å². The van der Waals surface area contributed by atoms with Crippen molar-refractivity contribution in [2.45, 2.75) is 0 Å². The fourth-order valence-electron chi connectivity index (χ4n) is 8.72. The molecule has 0 aliphatic carbocycles. The van der Waals surface area contributed by atoms with E-state index in [1.54, 1.807) is 0 Å². The third-order valence-corrected chi connectivity index (χ3v) is 11.5. The van der Waals surface area contributed by atoms with Crippen molar-refractivity contribution in [3.05, 3.63) is 224 Å². The third-order valence-electron chi connectivity index (χ3n) is 11.5. The van der Waals surface area contributed by atoms with Crippen molar-refractivity contribution in [3.8, 4) is 67.1 Å². The summed E-state index contributed by atoms with van der Waals surface area (Å²) in [5.41, 5.74) is 15.1. The van der Waals surface area contributed by atoms with Crippen LogP contribution in [-0.2, 0) is 0 Å². The maximum Gasteiger partial charge on any atom is 0.135 e. The highest BCUT2D eigenvalue weighted by atomic mass is 16.5. The van der Waals surface area contributed by atoms with Crippen LogP contribution >= 0.6 is 0 Å². The van der Waals surface area contributed by atoms with Gasteiger partial charge in [0.25, 0.3) is 0 Å². The zero-order valence-corrected chi connectivity index (χ0v) is 31.7. The molecule has 0 N–H and O–H groups in total. The zero-order chi connectivity index (χ0) is 38.4. The lowest BCUT2D eigenvalue weighted by atomic mass is 9.90. The van der Waals surface area contributed by atoms with Crippen molar-refractivity contribution in [3.63, 3.8) is 0 Å². The van der Waals surface area contributed by atoms with Crippen LogP contribution in [-0.4, -0.2) is 0 Å². The number of benzene rings is 10. The molecular weight excluding hydrogens is 703 g/mol. The molecule has 0 fully saturated rings. The van der Waals surface area contributed by atoms with Crippen LogP contribution in [0, 0.1) is 0 Å². The number of nitrogens with zero attached hydrogens (tertiary/aromatic N) is 1. The van der Waals surface area contributed by atoms with Crippen molar-refractivity contribution in [2.75, 3.05) is 4.90 Å². The maximum absolute atomic E-state index is 6.45. The SMILES string of the molecule is c1ccc(-c2ccccc2N(c2ccc(-c3ccc(-c4cccc5ccccc45)cc3)cc2)c2cccc(-c3ccc4c5c(cccc35)-c3ccccc3O4)c2)cc1. The molecule has 0 bridgehead atoms. The summed E-state index contributed by atoms with van der Waals surface area (Å²) in [6.07, 6.45) is 0. The molecule has 10 aromatic rings. The first-order valence-electron chi connectivity index (χ1n) is 19.8. The minimum atomic E-state index is 0.894. The second kappa shape index (κ2) is 14.1. The molecule has 0 atom stereocenters. The number of ether oxygens (including phenoxy) is 1. The Bertz CT molecular complexity index is 3120. The summed E-state index contributed by atoms with van der Waals surface area (Å²) in [7, 11) is 0. The van der Waals surface area contributed by atoms with Crippen LogP contribution in [0.25, 0.3) is 77.2 Å². The van der Waals surface area contributed by atoms with E-state index in [2.05, 4.69) is 217 Å². The summed E-state index contributed by atoms with van der Waals surface area (Å²) < 4.78 is 6.45. The normalized spacial score (nSPS) is 11.6. The van der Waals surface area contributed by atoms with Crippen molar-refractivity contribution in [2.24, 2.45) is 0 Å². The van der Waals surface area contributed by atoms with E-state index >= 15 is 0 Å². The molecule has 1 aliphatic rings. The van der Waals surface area contributed by atoms with E-state index in [1.807, 2.05) is 12.1 Å². The molecule has 0 radical (unpaired) electrons. The highest BCUT2D eigenvalue weighted by molar-refractivity contribution is 6.10. The molecule has 1 aliphatic heterocycles. The van der Waals surface area contributed by atoms with Gasteiger partial charge in [0, 0.05) is 27.9 Å². The number of para-hydroxylation sites is 2. The maximum atomic E-state index is 6.45. The van der Waals surface area contributed by atoms with Crippen molar-refractivity contribution < 1.29 is 4.74 Å². The van der Waals surface area contributed by atoms with Crippen molar-refractivity contribution in [1.29, 1.82) is 0 Å². The number of rotatable bonds is 7.